The first-order valence-corrected chi connectivity index (χ1v) is 8.71. The van der Waals surface area contributed by atoms with Crippen LogP contribution in [0.15, 0.2) is 36.7 Å². The minimum Gasteiger partial charge on any atom is -0.484 e. The van der Waals surface area contributed by atoms with Crippen LogP contribution in [0.5, 0.6) is 11.8 Å². The molecule has 1 aromatic carbocycles. The second-order valence-corrected chi connectivity index (χ2v) is 6.44. The molecule has 1 fully saturated rings. The number of amides is 1. The summed E-state index contributed by atoms with van der Waals surface area (Å²) in [5.41, 5.74) is 1.15. The molecule has 26 heavy (non-hydrogen) atoms. The number of nitrogens with zero attached hydrogens (tertiary/aromatic N) is 2. The first kappa shape index (κ1) is 18.1. The fourth-order valence-electron chi connectivity index (χ4n) is 2.89. The van der Waals surface area contributed by atoms with Crippen molar-refractivity contribution in [2.75, 3.05) is 6.61 Å². The number of aryl methyl sites for hydroxylation is 1. The molecular weight excluding hydrogens is 337 g/mol. The lowest BCUT2D eigenvalue weighted by Gasteiger charge is -2.28. The Kier molecular flexibility index (Phi) is 5.99. The largest absolute Gasteiger partial charge is 0.484 e. The van der Waals surface area contributed by atoms with Crippen LogP contribution in [0.2, 0.25) is 0 Å². The van der Waals surface area contributed by atoms with Gasteiger partial charge >= 0.3 is 6.01 Å². The maximum absolute atomic E-state index is 12.8. The summed E-state index contributed by atoms with van der Waals surface area (Å²) in [6, 6.07) is 7.88. The van der Waals surface area contributed by atoms with Gasteiger partial charge in [-0.15, -0.1) is 0 Å². The minimum atomic E-state index is -0.489. The van der Waals surface area contributed by atoms with Crippen molar-refractivity contribution in [2.24, 2.45) is 0 Å². The summed E-state index contributed by atoms with van der Waals surface area (Å²) in [5, 5.41) is 2.99. The van der Waals surface area contributed by atoms with Crippen molar-refractivity contribution in [1.82, 2.24) is 15.3 Å². The number of hydrogen-bond acceptors (Lipinski definition) is 5. The summed E-state index contributed by atoms with van der Waals surface area (Å²) < 4.78 is 23.9. The molecule has 0 atom stereocenters. The highest BCUT2D eigenvalue weighted by Crippen LogP contribution is 2.22. The zero-order chi connectivity index (χ0) is 18.4. The van der Waals surface area contributed by atoms with E-state index in [2.05, 4.69) is 15.3 Å². The average Bonchev–Trinajstić information content (AvgIpc) is 2.65. The van der Waals surface area contributed by atoms with Gasteiger partial charge in [-0.25, -0.2) is 14.4 Å². The normalized spacial score (nSPS) is 19.6. The Hall–Kier alpha value is -2.70. The summed E-state index contributed by atoms with van der Waals surface area (Å²) in [6.07, 6.45) is 5.33. The predicted octanol–water partition coefficient (Wildman–Crippen LogP) is 2.81. The minimum absolute atomic E-state index is 0.00289. The third-order valence-corrected chi connectivity index (χ3v) is 4.30. The molecule has 6 nitrogen and oxygen atoms in total. The highest BCUT2D eigenvalue weighted by atomic mass is 19.1. The van der Waals surface area contributed by atoms with Gasteiger partial charge in [0.1, 0.15) is 11.9 Å². The Morgan fingerprint density at radius 2 is 1.81 bits per heavy atom. The number of benzene rings is 1. The Bertz CT molecular complexity index is 714. The van der Waals surface area contributed by atoms with Gasteiger partial charge in [0, 0.05) is 6.04 Å². The van der Waals surface area contributed by atoms with Crippen molar-refractivity contribution >= 4 is 5.91 Å². The Balaban J connectivity index is 1.37. The molecule has 0 saturated heterocycles. The van der Waals surface area contributed by atoms with E-state index in [1.807, 2.05) is 31.2 Å². The standard InChI is InChI=1S/C19H22FN3O3/c1-13-2-6-16(7-3-13)25-12-18(24)23-15-4-8-17(9-5-15)26-19-21-10-14(20)11-22-19/h2-3,6-7,10-11,15,17H,4-5,8-9,12H2,1H3,(H,23,24). The fourth-order valence-corrected chi connectivity index (χ4v) is 2.89. The lowest BCUT2D eigenvalue weighted by atomic mass is 9.93. The first-order chi connectivity index (χ1) is 12.6. The maximum atomic E-state index is 12.8. The third kappa shape index (κ3) is 5.40. The number of rotatable bonds is 6. The molecule has 7 heteroatoms. The van der Waals surface area contributed by atoms with E-state index in [-0.39, 0.29) is 30.7 Å². The van der Waals surface area contributed by atoms with Crippen LogP contribution in [-0.4, -0.2) is 34.6 Å². The Labute approximate surface area is 151 Å². The van der Waals surface area contributed by atoms with Gasteiger partial charge in [-0.05, 0) is 44.7 Å². The molecule has 1 N–H and O–H groups in total. The summed E-state index contributed by atoms with van der Waals surface area (Å²) in [7, 11) is 0. The molecule has 3 rings (SSSR count). The van der Waals surface area contributed by atoms with E-state index in [4.69, 9.17) is 9.47 Å². The molecule has 1 saturated carbocycles. The number of nitrogens with one attached hydrogen (secondary N) is 1. The van der Waals surface area contributed by atoms with Crippen LogP contribution in [0, 0.1) is 12.7 Å². The van der Waals surface area contributed by atoms with E-state index in [9.17, 15) is 9.18 Å². The molecule has 0 bridgehead atoms. The zero-order valence-electron chi connectivity index (χ0n) is 14.7. The molecule has 138 valence electrons. The van der Waals surface area contributed by atoms with Gasteiger partial charge in [0.25, 0.3) is 5.91 Å². The number of carbonyl (C=O) groups is 1. The van der Waals surface area contributed by atoms with Gasteiger partial charge in [0.2, 0.25) is 0 Å². The fraction of sp³-hybridized carbons (Fsp3) is 0.421. The molecule has 0 aliphatic heterocycles. The highest BCUT2D eigenvalue weighted by molar-refractivity contribution is 5.77. The highest BCUT2D eigenvalue weighted by Gasteiger charge is 2.24. The van der Waals surface area contributed by atoms with Gasteiger partial charge < -0.3 is 14.8 Å². The van der Waals surface area contributed by atoms with E-state index in [0.29, 0.717) is 5.75 Å². The SMILES string of the molecule is Cc1ccc(OCC(=O)NC2CCC(Oc3ncc(F)cn3)CC2)cc1. The topological polar surface area (TPSA) is 73.3 Å². The van der Waals surface area contributed by atoms with Gasteiger partial charge in [-0.1, -0.05) is 17.7 Å². The van der Waals surface area contributed by atoms with Crippen molar-refractivity contribution in [1.29, 1.82) is 0 Å². The number of carbonyl (C=O) groups excluding carboxylic acids is 1. The quantitative estimate of drug-likeness (QED) is 0.859. The second kappa shape index (κ2) is 8.60. The Morgan fingerprint density at radius 1 is 1.15 bits per heavy atom. The average molecular weight is 359 g/mol. The van der Waals surface area contributed by atoms with Crippen LogP contribution in [0.3, 0.4) is 0 Å². The molecule has 1 aliphatic rings. The second-order valence-electron chi connectivity index (χ2n) is 6.44. The molecular formula is C19H22FN3O3. The third-order valence-electron chi connectivity index (χ3n) is 4.30. The van der Waals surface area contributed by atoms with E-state index in [1.165, 1.54) is 0 Å². The van der Waals surface area contributed by atoms with E-state index >= 15 is 0 Å². The molecule has 1 aliphatic carbocycles. The molecule has 2 aromatic rings. The number of halogens is 1. The maximum Gasteiger partial charge on any atom is 0.316 e. The zero-order valence-corrected chi connectivity index (χ0v) is 14.7. The van der Waals surface area contributed by atoms with Gasteiger partial charge in [-0.2, -0.15) is 0 Å². The number of aromatic nitrogens is 2. The van der Waals surface area contributed by atoms with Crippen molar-refractivity contribution in [3.05, 3.63) is 48.0 Å². The lowest BCUT2D eigenvalue weighted by molar-refractivity contribution is -0.124. The van der Waals surface area contributed by atoms with Crippen LogP contribution >= 0.6 is 0 Å². The Morgan fingerprint density at radius 3 is 2.46 bits per heavy atom. The van der Waals surface area contributed by atoms with Crippen LogP contribution < -0.4 is 14.8 Å². The molecule has 0 radical (unpaired) electrons. The van der Waals surface area contributed by atoms with E-state index in [1.54, 1.807) is 0 Å². The van der Waals surface area contributed by atoms with Gasteiger partial charge in [-0.3, -0.25) is 4.79 Å². The van der Waals surface area contributed by atoms with Crippen molar-refractivity contribution in [2.45, 2.75) is 44.8 Å². The summed E-state index contributed by atoms with van der Waals surface area (Å²) in [6.45, 7) is 2.00. The summed E-state index contributed by atoms with van der Waals surface area (Å²) in [4.78, 5) is 19.6. The molecule has 1 heterocycles. The van der Waals surface area contributed by atoms with Crippen LogP contribution in [0.1, 0.15) is 31.2 Å². The summed E-state index contributed by atoms with van der Waals surface area (Å²) in [5.74, 6) is 0.0654. The van der Waals surface area contributed by atoms with Crippen molar-refractivity contribution in [3.63, 3.8) is 0 Å². The monoisotopic (exact) mass is 359 g/mol. The number of ether oxygens (including phenoxy) is 2. The predicted molar refractivity (Wildman–Crippen MR) is 93.5 cm³/mol. The lowest BCUT2D eigenvalue weighted by Crippen LogP contribution is -2.41. The van der Waals surface area contributed by atoms with Crippen LogP contribution in [0.25, 0.3) is 0 Å². The smallest absolute Gasteiger partial charge is 0.316 e. The molecule has 1 aromatic heterocycles. The van der Waals surface area contributed by atoms with Gasteiger partial charge in [0.15, 0.2) is 12.4 Å². The van der Waals surface area contributed by atoms with Crippen LogP contribution in [0.4, 0.5) is 4.39 Å². The number of hydrogen-bond donors (Lipinski definition) is 1. The van der Waals surface area contributed by atoms with E-state index < -0.39 is 5.82 Å². The van der Waals surface area contributed by atoms with Crippen molar-refractivity contribution in [3.8, 4) is 11.8 Å². The van der Waals surface area contributed by atoms with Crippen LogP contribution in [-0.2, 0) is 4.79 Å². The molecule has 0 unspecified atom stereocenters. The molecule has 0 spiro atoms. The van der Waals surface area contributed by atoms with Gasteiger partial charge in [0.05, 0.1) is 12.4 Å². The van der Waals surface area contributed by atoms with Crippen molar-refractivity contribution < 1.29 is 18.7 Å². The summed E-state index contributed by atoms with van der Waals surface area (Å²) >= 11 is 0. The molecule has 1 amide bonds. The van der Waals surface area contributed by atoms with E-state index in [0.717, 1.165) is 43.6 Å². The first-order valence-electron chi connectivity index (χ1n) is 8.71.